The summed E-state index contributed by atoms with van der Waals surface area (Å²) in [4.78, 5) is 12.6. The van der Waals surface area contributed by atoms with Crippen molar-refractivity contribution in [3.8, 4) is 17.2 Å². The molecule has 1 aliphatic heterocycles. The van der Waals surface area contributed by atoms with Crippen molar-refractivity contribution < 1.29 is 19.4 Å². The summed E-state index contributed by atoms with van der Waals surface area (Å²) in [5, 5.41) is 9.76. The van der Waals surface area contributed by atoms with Crippen molar-refractivity contribution in [1.29, 1.82) is 0 Å². The van der Waals surface area contributed by atoms with Gasteiger partial charge in [-0.25, -0.2) is 0 Å². The van der Waals surface area contributed by atoms with Gasteiger partial charge in [0.25, 0.3) is 0 Å². The van der Waals surface area contributed by atoms with E-state index in [9.17, 15) is 9.90 Å². The molecular formula is C17H12Br2O4. The van der Waals surface area contributed by atoms with E-state index < -0.39 is 0 Å². The van der Waals surface area contributed by atoms with Gasteiger partial charge < -0.3 is 14.6 Å². The van der Waals surface area contributed by atoms with E-state index in [2.05, 4.69) is 31.9 Å². The number of ketones is 1. The average molecular weight is 440 g/mol. The zero-order valence-electron chi connectivity index (χ0n) is 12.1. The molecule has 1 aliphatic rings. The van der Waals surface area contributed by atoms with Crippen molar-refractivity contribution >= 4 is 43.7 Å². The standard InChI is InChI=1S/C17H12Br2O4/c1-22-16-5-9(13(19)7-14(16)20)4-10-8-23-15-3-2-11(18)6-12(15)17(10)21/h2-7,20H,8H2,1H3. The van der Waals surface area contributed by atoms with Crippen LogP contribution in [0.5, 0.6) is 17.2 Å². The summed E-state index contributed by atoms with van der Waals surface area (Å²) in [5.41, 5.74) is 1.79. The highest BCUT2D eigenvalue weighted by atomic mass is 79.9. The van der Waals surface area contributed by atoms with Crippen LogP contribution in [0.3, 0.4) is 0 Å². The molecule has 0 amide bonds. The normalized spacial score (nSPS) is 15.3. The summed E-state index contributed by atoms with van der Waals surface area (Å²) in [7, 11) is 1.47. The van der Waals surface area contributed by atoms with Crippen molar-refractivity contribution in [1.82, 2.24) is 0 Å². The molecule has 1 N–H and O–H groups in total. The second kappa shape index (κ2) is 6.37. The second-order valence-corrected chi connectivity index (χ2v) is 6.74. The molecule has 1 heterocycles. The van der Waals surface area contributed by atoms with Gasteiger partial charge in [0.05, 0.1) is 12.7 Å². The molecule has 0 unspecified atom stereocenters. The van der Waals surface area contributed by atoms with Crippen molar-refractivity contribution in [3.63, 3.8) is 0 Å². The number of ether oxygens (including phenoxy) is 2. The smallest absolute Gasteiger partial charge is 0.196 e. The third kappa shape index (κ3) is 3.14. The minimum atomic E-state index is -0.0773. The Labute approximate surface area is 150 Å². The Kier molecular flexibility index (Phi) is 4.46. The molecule has 6 heteroatoms. The number of methoxy groups -OCH3 is 1. The number of halogens is 2. The lowest BCUT2D eigenvalue weighted by Crippen LogP contribution is -2.19. The van der Waals surface area contributed by atoms with Gasteiger partial charge in [0.15, 0.2) is 17.3 Å². The van der Waals surface area contributed by atoms with Crippen LogP contribution in [0.2, 0.25) is 0 Å². The molecule has 118 valence electrons. The van der Waals surface area contributed by atoms with Crippen LogP contribution in [0.4, 0.5) is 0 Å². The van der Waals surface area contributed by atoms with Gasteiger partial charge in [0.2, 0.25) is 0 Å². The van der Waals surface area contributed by atoms with E-state index in [0.717, 1.165) is 10.0 Å². The highest BCUT2D eigenvalue weighted by Crippen LogP contribution is 2.35. The zero-order chi connectivity index (χ0) is 16.6. The molecule has 23 heavy (non-hydrogen) atoms. The van der Waals surface area contributed by atoms with Gasteiger partial charge >= 0.3 is 0 Å². The lowest BCUT2D eigenvalue weighted by Gasteiger charge is -2.19. The maximum Gasteiger partial charge on any atom is 0.196 e. The fourth-order valence-electron chi connectivity index (χ4n) is 2.33. The van der Waals surface area contributed by atoms with Crippen LogP contribution in [0, 0.1) is 0 Å². The van der Waals surface area contributed by atoms with E-state index in [-0.39, 0.29) is 18.1 Å². The van der Waals surface area contributed by atoms with Crippen LogP contribution in [0.1, 0.15) is 15.9 Å². The Morgan fingerprint density at radius 3 is 2.78 bits per heavy atom. The first kappa shape index (κ1) is 16.1. The number of aromatic hydroxyl groups is 1. The van der Waals surface area contributed by atoms with Crippen LogP contribution < -0.4 is 9.47 Å². The molecular weight excluding hydrogens is 428 g/mol. The highest BCUT2D eigenvalue weighted by Gasteiger charge is 2.24. The number of rotatable bonds is 2. The SMILES string of the molecule is COc1cc(C=C2COc3ccc(Br)cc3C2=O)c(Br)cc1O. The molecule has 3 rings (SSSR count). The van der Waals surface area contributed by atoms with Crippen molar-refractivity contribution in [2.24, 2.45) is 0 Å². The van der Waals surface area contributed by atoms with Gasteiger partial charge in [-0.05, 0) is 42.0 Å². The number of hydrogen-bond donors (Lipinski definition) is 1. The van der Waals surface area contributed by atoms with Crippen LogP contribution in [0.25, 0.3) is 6.08 Å². The number of phenols is 1. The largest absolute Gasteiger partial charge is 0.504 e. The summed E-state index contributed by atoms with van der Waals surface area (Å²) in [6.07, 6.45) is 1.73. The van der Waals surface area contributed by atoms with Gasteiger partial charge in [-0.3, -0.25) is 4.79 Å². The van der Waals surface area contributed by atoms with Gasteiger partial charge in [0.1, 0.15) is 12.4 Å². The highest BCUT2D eigenvalue weighted by molar-refractivity contribution is 9.10. The lowest BCUT2D eigenvalue weighted by molar-refractivity contribution is 0.100. The number of carbonyl (C=O) groups is 1. The Hall–Kier alpha value is -1.79. The molecule has 2 aromatic rings. The summed E-state index contributed by atoms with van der Waals surface area (Å²) in [5.74, 6) is 0.874. The predicted octanol–water partition coefficient (Wildman–Crippen LogP) is 4.58. The Balaban J connectivity index is 2.03. The molecule has 0 aromatic heterocycles. The Morgan fingerprint density at radius 1 is 1.26 bits per heavy atom. The number of phenolic OH excluding ortho intramolecular Hbond substituents is 1. The average Bonchev–Trinajstić information content (AvgIpc) is 2.53. The van der Waals surface area contributed by atoms with Gasteiger partial charge in [-0.1, -0.05) is 31.9 Å². The third-order valence-corrected chi connectivity index (χ3v) is 4.67. The van der Waals surface area contributed by atoms with Gasteiger partial charge in [-0.15, -0.1) is 0 Å². The number of hydrogen-bond acceptors (Lipinski definition) is 4. The topological polar surface area (TPSA) is 55.8 Å². The van der Waals surface area contributed by atoms with Gasteiger partial charge in [-0.2, -0.15) is 0 Å². The first-order chi connectivity index (χ1) is 11.0. The van der Waals surface area contributed by atoms with Crippen molar-refractivity contribution in [3.05, 3.63) is 56.0 Å². The van der Waals surface area contributed by atoms with E-state index in [1.807, 2.05) is 6.07 Å². The molecule has 0 atom stereocenters. The number of benzene rings is 2. The lowest BCUT2D eigenvalue weighted by atomic mass is 9.98. The number of carbonyl (C=O) groups excluding carboxylic acids is 1. The molecule has 0 spiro atoms. The molecule has 2 aromatic carbocycles. The number of fused-ring (bicyclic) bond motifs is 1. The van der Waals surface area contributed by atoms with Crippen LogP contribution >= 0.6 is 31.9 Å². The van der Waals surface area contributed by atoms with Gasteiger partial charge in [0, 0.05) is 14.5 Å². The minimum Gasteiger partial charge on any atom is -0.504 e. The first-order valence-corrected chi connectivity index (χ1v) is 8.32. The predicted molar refractivity (Wildman–Crippen MR) is 94.3 cm³/mol. The molecule has 0 saturated carbocycles. The number of Topliss-reactive ketones (excluding diaryl/α,β-unsaturated/α-hetero) is 1. The zero-order valence-corrected chi connectivity index (χ0v) is 15.3. The molecule has 0 fully saturated rings. The fraction of sp³-hybridized carbons (Fsp3) is 0.118. The van der Waals surface area contributed by atoms with Crippen LogP contribution in [0.15, 0.2) is 44.9 Å². The monoisotopic (exact) mass is 438 g/mol. The second-order valence-electron chi connectivity index (χ2n) is 4.97. The maximum absolute atomic E-state index is 12.6. The van der Waals surface area contributed by atoms with E-state index >= 15 is 0 Å². The molecule has 0 aliphatic carbocycles. The summed E-state index contributed by atoms with van der Waals surface area (Å²) < 4.78 is 12.2. The Bertz CT molecular complexity index is 828. The van der Waals surface area contributed by atoms with Crippen molar-refractivity contribution in [2.75, 3.05) is 13.7 Å². The quantitative estimate of drug-likeness (QED) is 0.695. The third-order valence-electron chi connectivity index (χ3n) is 3.49. The van der Waals surface area contributed by atoms with E-state index in [1.165, 1.54) is 13.2 Å². The first-order valence-electron chi connectivity index (χ1n) is 6.73. The minimum absolute atomic E-state index is 0.0296. The maximum atomic E-state index is 12.6. The van der Waals surface area contributed by atoms with Crippen molar-refractivity contribution in [2.45, 2.75) is 0 Å². The summed E-state index contributed by atoms with van der Waals surface area (Å²) in [6, 6.07) is 8.55. The molecule has 0 radical (unpaired) electrons. The summed E-state index contributed by atoms with van der Waals surface area (Å²) >= 11 is 6.74. The summed E-state index contributed by atoms with van der Waals surface area (Å²) in [6.45, 7) is 0.198. The van der Waals surface area contributed by atoms with E-state index in [1.54, 1.807) is 24.3 Å². The van der Waals surface area contributed by atoms with E-state index in [4.69, 9.17) is 9.47 Å². The van der Waals surface area contributed by atoms with Crippen LogP contribution in [-0.4, -0.2) is 24.6 Å². The van der Waals surface area contributed by atoms with Crippen LogP contribution in [-0.2, 0) is 0 Å². The fourth-order valence-corrected chi connectivity index (χ4v) is 3.13. The molecule has 4 nitrogen and oxygen atoms in total. The molecule has 0 saturated heterocycles. The Morgan fingerprint density at radius 2 is 2.04 bits per heavy atom. The van der Waals surface area contributed by atoms with E-state index in [0.29, 0.717) is 27.1 Å². The molecule has 0 bridgehead atoms.